The number of nitrogens with one attached hydrogen (secondary N) is 1. The van der Waals surface area contributed by atoms with E-state index in [-0.39, 0.29) is 17.0 Å². The van der Waals surface area contributed by atoms with Gasteiger partial charge < -0.3 is 4.74 Å². The van der Waals surface area contributed by atoms with Crippen molar-refractivity contribution in [2.45, 2.75) is 18.4 Å². The lowest BCUT2D eigenvalue weighted by molar-refractivity contribution is -0.121. The second kappa shape index (κ2) is 10.8. The van der Waals surface area contributed by atoms with Gasteiger partial charge in [0.05, 0.1) is 24.8 Å². The summed E-state index contributed by atoms with van der Waals surface area (Å²) >= 11 is 0. The summed E-state index contributed by atoms with van der Waals surface area (Å²) in [6.07, 6.45) is 1.41. The van der Waals surface area contributed by atoms with Crippen LogP contribution < -0.4 is 10.2 Å². The van der Waals surface area contributed by atoms with Gasteiger partial charge in [-0.05, 0) is 42.8 Å². The van der Waals surface area contributed by atoms with Crippen molar-refractivity contribution in [2.24, 2.45) is 5.10 Å². The highest BCUT2D eigenvalue weighted by Gasteiger charge is 2.27. The summed E-state index contributed by atoms with van der Waals surface area (Å²) in [4.78, 5) is 12.5. The van der Waals surface area contributed by atoms with Crippen LogP contribution in [0.4, 0.5) is 4.39 Å². The second-order valence-electron chi connectivity index (χ2n) is 7.25. The maximum absolute atomic E-state index is 14.2. The summed E-state index contributed by atoms with van der Waals surface area (Å²) in [5.41, 5.74) is 4.05. The first-order valence-electron chi connectivity index (χ1n) is 10.1. The summed E-state index contributed by atoms with van der Waals surface area (Å²) in [5.74, 6) is -0.593. The smallest absolute Gasteiger partial charge is 0.255 e. The summed E-state index contributed by atoms with van der Waals surface area (Å²) in [5, 5.41) is 3.89. The van der Waals surface area contributed by atoms with Gasteiger partial charge in [-0.25, -0.2) is 18.2 Å². The molecular formula is C24H24FN3O4S. The van der Waals surface area contributed by atoms with Crippen LogP contribution in [0.1, 0.15) is 16.7 Å². The maximum Gasteiger partial charge on any atom is 0.255 e. The number of methoxy groups -OCH3 is 1. The molecule has 0 fully saturated rings. The molecule has 9 heteroatoms. The number of sulfonamides is 1. The topological polar surface area (TPSA) is 88.1 Å². The van der Waals surface area contributed by atoms with Crippen LogP contribution in [0, 0.1) is 12.7 Å². The Balaban J connectivity index is 1.79. The Hall–Kier alpha value is -3.56. The molecule has 3 aromatic rings. The molecule has 0 saturated heterocycles. The highest BCUT2D eigenvalue weighted by molar-refractivity contribution is 7.89. The minimum Gasteiger partial charge on any atom is -0.497 e. The standard InChI is InChI=1S/C24H24FN3O4S/c1-18-10-12-22(13-11-18)33(30,31)28(16-20-7-3-4-9-23(20)25)17-24(29)27-26-15-19-6-5-8-21(14-19)32-2/h3-15H,16-17H2,1-2H3,(H,27,29)/b26-15-. The Bertz CT molecular complexity index is 1240. The molecule has 0 spiro atoms. The average molecular weight is 470 g/mol. The first-order valence-corrected chi connectivity index (χ1v) is 11.5. The predicted molar refractivity (Wildman–Crippen MR) is 124 cm³/mol. The van der Waals surface area contributed by atoms with Crippen LogP contribution in [0.15, 0.2) is 82.8 Å². The minimum absolute atomic E-state index is 0.0112. The van der Waals surface area contributed by atoms with Crippen LogP contribution in [0.25, 0.3) is 0 Å². The number of halogens is 1. The largest absolute Gasteiger partial charge is 0.497 e. The van der Waals surface area contributed by atoms with Crippen molar-refractivity contribution in [1.29, 1.82) is 0 Å². The SMILES string of the molecule is COc1cccc(/C=N\NC(=O)CN(Cc2ccccc2F)S(=O)(=O)c2ccc(C)cc2)c1. The van der Waals surface area contributed by atoms with Crippen molar-refractivity contribution in [3.8, 4) is 5.75 Å². The van der Waals surface area contributed by atoms with Gasteiger partial charge >= 0.3 is 0 Å². The molecule has 0 unspecified atom stereocenters. The summed E-state index contributed by atoms with van der Waals surface area (Å²) < 4.78 is 46.7. The Morgan fingerprint density at radius 2 is 1.82 bits per heavy atom. The van der Waals surface area contributed by atoms with Gasteiger partial charge in [-0.15, -0.1) is 0 Å². The molecule has 3 rings (SSSR count). The van der Waals surface area contributed by atoms with Crippen molar-refractivity contribution in [2.75, 3.05) is 13.7 Å². The number of benzene rings is 3. The second-order valence-corrected chi connectivity index (χ2v) is 9.19. The maximum atomic E-state index is 14.2. The normalized spacial score (nSPS) is 11.6. The molecule has 0 aromatic heterocycles. The zero-order valence-corrected chi connectivity index (χ0v) is 19.0. The van der Waals surface area contributed by atoms with E-state index in [0.717, 1.165) is 9.87 Å². The van der Waals surface area contributed by atoms with E-state index >= 15 is 0 Å². The van der Waals surface area contributed by atoms with Gasteiger partial charge in [-0.2, -0.15) is 9.41 Å². The van der Waals surface area contributed by atoms with Crippen LogP contribution >= 0.6 is 0 Å². The Kier molecular flexibility index (Phi) is 7.92. The number of nitrogens with zero attached hydrogens (tertiary/aromatic N) is 2. The van der Waals surface area contributed by atoms with E-state index in [2.05, 4.69) is 10.5 Å². The average Bonchev–Trinajstić information content (AvgIpc) is 2.80. The third-order valence-electron chi connectivity index (χ3n) is 4.78. The molecule has 0 bridgehead atoms. The van der Waals surface area contributed by atoms with E-state index < -0.39 is 28.3 Å². The zero-order chi connectivity index (χ0) is 23.8. The van der Waals surface area contributed by atoms with Crippen molar-refractivity contribution in [3.05, 3.63) is 95.3 Å². The molecule has 3 aromatic carbocycles. The van der Waals surface area contributed by atoms with Crippen molar-refractivity contribution in [3.63, 3.8) is 0 Å². The summed E-state index contributed by atoms with van der Waals surface area (Å²) in [6, 6.07) is 19.1. The van der Waals surface area contributed by atoms with Crippen molar-refractivity contribution < 1.29 is 22.3 Å². The molecular weight excluding hydrogens is 445 g/mol. The van der Waals surface area contributed by atoms with E-state index in [0.29, 0.717) is 11.3 Å². The third-order valence-corrected chi connectivity index (χ3v) is 6.59. The van der Waals surface area contributed by atoms with Gasteiger partial charge in [0, 0.05) is 12.1 Å². The molecule has 0 aliphatic rings. The number of carbonyl (C=O) groups is 1. The van der Waals surface area contributed by atoms with E-state index in [1.165, 1.54) is 43.7 Å². The van der Waals surface area contributed by atoms with E-state index in [1.54, 1.807) is 42.5 Å². The number of carbonyl (C=O) groups excluding carboxylic acids is 1. The predicted octanol–water partition coefficient (Wildman–Crippen LogP) is 3.48. The fraction of sp³-hybridized carbons (Fsp3) is 0.167. The van der Waals surface area contributed by atoms with E-state index in [9.17, 15) is 17.6 Å². The van der Waals surface area contributed by atoms with Gasteiger partial charge in [0.15, 0.2) is 0 Å². The monoisotopic (exact) mass is 469 g/mol. The van der Waals surface area contributed by atoms with Crippen molar-refractivity contribution in [1.82, 2.24) is 9.73 Å². The number of hydrogen-bond acceptors (Lipinski definition) is 5. The number of aryl methyl sites for hydroxylation is 1. The zero-order valence-electron chi connectivity index (χ0n) is 18.2. The first kappa shape index (κ1) is 24.1. The lowest BCUT2D eigenvalue weighted by atomic mass is 10.2. The molecule has 0 atom stereocenters. The molecule has 1 N–H and O–H groups in total. The molecule has 33 heavy (non-hydrogen) atoms. The summed E-state index contributed by atoms with van der Waals surface area (Å²) in [7, 11) is -2.54. The molecule has 1 amide bonds. The molecule has 0 aliphatic heterocycles. The fourth-order valence-corrected chi connectivity index (χ4v) is 4.37. The van der Waals surface area contributed by atoms with Crippen LogP contribution in [-0.2, 0) is 21.4 Å². The number of amides is 1. The van der Waals surface area contributed by atoms with E-state index in [1.807, 2.05) is 6.92 Å². The Morgan fingerprint density at radius 3 is 2.52 bits per heavy atom. The van der Waals surface area contributed by atoms with Crippen LogP contribution in [0.5, 0.6) is 5.75 Å². The molecule has 172 valence electrons. The molecule has 0 saturated carbocycles. The molecule has 0 radical (unpaired) electrons. The lowest BCUT2D eigenvalue weighted by Crippen LogP contribution is -2.39. The highest BCUT2D eigenvalue weighted by atomic mass is 32.2. The Morgan fingerprint density at radius 1 is 1.09 bits per heavy atom. The molecule has 0 heterocycles. The number of rotatable bonds is 9. The molecule has 0 aliphatic carbocycles. The van der Waals surface area contributed by atoms with Gasteiger partial charge in [0.1, 0.15) is 11.6 Å². The molecule has 7 nitrogen and oxygen atoms in total. The van der Waals surface area contributed by atoms with Gasteiger partial charge in [-0.3, -0.25) is 4.79 Å². The highest BCUT2D eigenvalue weighted by Crippen LogP contribution is 2.20. The van der Waals surface area contributed by atoms with Gasteiger partial charge in [-0.1, -0.05) is 48.0 Å². The summed E-state index contributed by atoms with van der Waals surface area (Å²) in [6.45, 7) is 0.983. The van der Waals surface area contributed by atoms with Gasteiger partial charge in [0.2, 0.25) is 10.0 Å². The number of hydrogen-bond donors (Lipinski definition) is 1. The fourth-order valence-electron chi connectivity index (χ4n) is 3.00. The number of ether oxygens (including phenoxy) is 1. The third kappa shape index (κ3) is 6.47. The lowest BCUT2D eigenvalue weighted by Gasteiger charge is -2.22. The first-order chi connectivity index (χ1) is 15.8. The Labute approximate surface area is 192 Å². The van der Waals surface area contributed by atoms with E-state index in [4.69, 9.17) is 4.74 Å². The van der Waals surface area contributed by atoms with Crippen LogP contribution in [-0.4, -0.2) is 38.5 Å². The van der Waals surface area contributed by atoms with Crippen LogP contribution in [0.2, 0.25) is 0 Å². The van der Waals surface area contributed by atoms with Gasteiger partial charge in [0.25, 0.3) is 5.91 Å². The van der Waals surface area contributed by atoms with Crippen molar-refractivity contribution >= 4 is 22.1 Å². The van der Waals surface area contributed by atoms with Crippen LogP contribution in [0.3, 0.4) is 0 Å². The quantitative estimate of drug-likeness (QED) is 0.384. The minimum atomic E-state index is -4.08. The number of hydrazone groups is 1.